The number of anilines is 2. The Balaban J connectivity index is 2.52. The first kappa shape index (κ1) is 17.5. The molecule has 2 aromatic rings. The van der Waals surface area contributed by atoms with Crippen LogP contribution in [-0.2, 0) is 6.18 Å². The van der Waals surface area contributed by atoms with Crippen LogP contribution in [0.25, 0.3) is 11.3 Å². The highest BCUT2D eigenvalue weighted by Gasteiger charge is 2.32. The first-order chi connectivity index (χ1) is 10.6. The van der Waals surface area contributed by atoms with E-state index >= 15 is 0 Å². The van der Waals surface area contributed by atoms with Gasteiger partial charge in [0.25, 0.3) is 0 Å². The molecule has 0 saturated carbocycles. The van der Waals surface area contributed by atoms with Crippen molar-refractivity contribution in [3.8, 4) is 11.3 Å². The standard InChI is InChI=1S/C15H17F4N3S/c1-8(2)7-22(3)13-12(21-14(20)23-13)9-4-10(15(17,18)19)6-11(16)5-9/h4-6,8H,7H2,1-3H3,(H2,20,21). The summed E-state index contributed by atoms with van der Waals surface area (Å²) in [5, 5.41) is 0.846. The highest BCUT2D eigenvalue weighted by Crippen LogP contribution is 2.39. The monoisotopic (exact) mass is 347 g/mol. The van der Waals surface area contributed by atoms with Gasteiger partial charge in [-0.25, -0.2) is 9.37 Å². The van der Waals surface area contributed by atoms with Crippen LogP contribution in [0.3, 0.4) is 0 Å². The minimum Gasteiger partial charge on any atom is -0.375 e. The number of thiazole rings is 1. The minimum absolute atomic E-state index is 0.0656. The van der Waals surface area contributed by atoms with Gasteiger partial charge in [-0.3, -0.25) is 0 Å². The molecule has 2 rings (SSSR count). The van der Waals surface area contributed by atoms with Gasteiger partial charge in [0.2, 0.25) is 0 Å². The molecular weight excluding hydrogens is 330 g/mol. The molecule has 0 aliphatic carbocycles. The quantitative estimate of drug-likeness (QED) is 0.819. The Morgan fingerprint density at radius 3 is 2.48 bits per heavy atom. The van der Waals surface area contributed by atoms with E-state index in [1.54, 1.807) is 7.05 Å². The van der Waals surface area contributed by atoms with Crippen molar-refractivity contribution in [2.75, 3.05) is 24.2 Å². The average molecular weight is 347 g/mol. The molecule has 23 heavy (non-hydrogen) atoms. The molecule has 3 nitrogen and oxygen atoms in total. The number of benzene rings is 1. The Kier molecular flexibility index (Phi) is 4.84. The lowest BCUT2D eigenvalue weighted by Crippen LogP contribution is -2.22. The van der Waals surface area contributed by atoms with Gasteiger partial charge in [0, 0.05) is 19.2 Å². The molecule has 2 N–H and O–H groups in total. The van der Waals surface area contributed by atoms with E-state index < -0.39 is 17.6 Å². The second-order valence-electron chi connectivity index (χ2n) is 5.71. The third kappa shape index (κ3) is 4.13. The van der Waals surface area contributed by atoms with Crippen LogP contribution >= 0.6 is 11.3 Å². The summed E-state index contributed by atoms with van der Waals surface area (Å²) < 4.78 is 52.3. The first-order valence-electron chi connectivity index (χ1n) is 6.93. The van der Waals surface area contributed by atoms with Gasteiger partial charge in [-0.05, 0) is 24.1 Å². The first-order valence-corrected chi connectivity index (χ1v) is 7.75. The van der Waals surface area contributed by atoms with Crippen LogP contribution in [0.2, 0.25) is 0 Å². The van der Waals surface area contributed by atoms with Gasteiger partial charge >= 0.3 is 6.18 Å². The maximum Gasteiger partial charge on any atom is 0.416 e. The summed E-state index contributed by atoms with van der Waals surface area (Å²) in [5.41, 5.74) is 5.00. The lowest BCUT2D eigenvalue weighted by atomic mass is 10.1. The third-order valence-electron chi connectivity index (χ3n) is 3.11. The molecule has 0 spiro atoms. The van der Waals surface area contributed by atoms with Crippen LogP contribution < -0.4 is 10.6 Å². The zero-order valence-corrected chi connectivity index (χ0v) is 13.7. The van der Waals surface area contributed by atoms with Crippen molar-refractivity contribution >= 4 is 21.5 Å². The Bertz CT molecular complexity index is 695. The summed E-state index contributed by atoms with van der Waals surface area (Å²) in [6, 6.07) is 2.40. The number of aromatic nitrogens is 1. The van der Waals surface area contributed by atoms with Crippen molar-refractivity contribution in [3.63, 3.8) is 0 Å². The van der Waals surface area contributed by atoms with E-state index in [1.165, 1.54) is 11.3 Å². The predicted molar refractivity (Wildman–Crippen MR) is 85.0 cm³/mol. The van der Waals surface area contributed by atoms with E-state index in [1.807, 2.05) is 18.7 Å². The Morgan fingerprint density at radius 1 is 1.26 bits per heavy atom. The van der Waals surface area contributed by atoms with E-state index in [-0.39, 0.29) is 16.4 Å². The summed E-state index contributed by atoms with van der Waals surface area (Å²) in [5.74, 6) is -0.617. The van der Waals surface area contributed by atoms with Crippen LogP contribution in [0.4, 0.5) is 27.7 Å². The van der Waals surface area contributed by atoms with Crippen molar-refractivity contribution in [1.82, 2.24) is 4.98 Å². The Morgan fingerprint density at radius 2 is 1.91 bits per heavy atom. The molecule has 0 fully saturated rings. The van der Waals surface area contributed by atoms with Gasteiger partial charge in [0.15, 0.2) is 5.13 Å². The highest BCUT2D eigenvalue weighted by atomic mass is 32.1. The summed E-state index contributed by atoms with van der Waals surface area (Å²) in [6.07, 6.45) is -4.62. The summed E-state index contributed by atoms with van der Waals surface area (Å²) in [7, 11) is 1.81. The number of nitrogens with zero attached hydrogens (tertiary/aromatic N) is 2. The molecule has 0 unspecified atom stereocenters. The molecule has 0 aliphatic heterocycles. The van der Waals surface area contributed by atoms with E-state index in [9.17, 15) is 17.6 Å². The normalized spacial score (nSPS) is 12.0. The third-order valence-corrected chi connectivity index (χ3v) is 4.11. The van der Waals surface area contributed by atoms with Crippen LogP contribution in [0.15, 0.2) is 18.2 Å². The van der Waals surface area contributed by atoms with Crippen LogP contribution in [0.5, 0.6) is 0 Å². The number of alkyl halides is 3. The average Bonchev–Trinajstić information content (AvgIpc) is 2.78. The predicted octanol–water partition coefficient (Wildman–Crippen LogP) is 4.64. The smallest absolute Gasteiger partial charge is 0.375 e. The number of hydrogen-bond donors (Lipinski definition) is 1. The topological polar surface area (TPSA) is 42.1 Å². The van der Waals surface area contributed by atoms with E-state index in [2.05, 4.69) is 4.98 Å². The van der Waals surface area contributed by atoms with Crippen molar-refractivity contribution < 1.29 is 17.6 Å². The molecule has 0 atom stereocenters. The molecule has 8 heteroatoms. The largest absolute Gasteiger partial charge is 0.416 e. The molecular formula is C15H17F4N3S. The number of nitrogens with two attached hydrogens (primary N) is 1. The van der Waals surface area contributed by atoms with Gasteiger partial charge in [-0.2, -0.15) is 13.2 Å². The van der Waals surface area contributed by atoms with E-state index in [0.29, 0.717) is 23.5 Å². The lowest BCUT2D eigenvalue weighted by molar-refractivity contribution is -0.137. The molecule has 0 radical (unpaired) electrons. The summed E-state index contributed by atoms with van der Waals surface area (Å²) in [6.45, 7) is 4.71. The fourth-order valence-corrected chi connectivity index (χ4v) is 3.12. The number of hydrogen-bond acceptors (Lipinski definition) is 4. The Hall–Kier alpha value is -1.83. The zero-order valence-electron chi connectivity index (χ0n) is 12.9. The Labute approximate surface area is 135 Å². The lowest BCUT2D eigenvalue weighted by Gasteiger charge is -2.20. The van der Waals surface area contributed by atoms with Gasteiger partial charge < -0.3 is 10.6 Å². The fourth-order valence-electron chi connectivity index (χ4n) is 2.30. The molecule has 1 aromatic carbocycles. The molecule has 126 valence electrons. The van der Waals surface area contributed by atoms with Crippen LogP contribution in [0.1, 0.15) is 19.4 Å². The van der Waals surface area contributed by atoms with Gasteiger partial charge in [-0.1, -0.05) is 25.2 Å². The number of halogens is 4. The SMILES string of the molecule is CC(C)CN(C)c1sc(N)nc1-c1cc(F)cc(C(F)(F)F)c1. The highest BCUT2D eigenvalue weighted by molar-refractivity contribution is 7.19. The van der Waals surface area contributed by atoms with Gasteiger partial charge in [0.05, 0.1) is 5.56 Å². The van der Waals surface area contributed by atoms with Crippen molar-refractivity contribution in [2.45, 2.75) is 20.0 Å². The maximum absolute atomic E-state index is 13.6. The van der Waals surface area contributed by atoms with E-state index in [4.69, 9.17) is 5.73 Å². The van der Waals surface area contributed by atoms with Crippen LogP contribution in [-0.4, -0.2) is 18.6 Å². The van der Waals surface area contributed by atoms with Crippen molar-refractivity contribution in [3.05, 3.63) is 29.6 Å². The number of nitrogen functional groups attached to an aromatic ring is 1. The van der Waals surface area contributed by atoms with Crippen molar-refractivity contribution in [1.29, 1.82) is 0 Å². The van der Waals surface area contributed by atoms with Gasteiger partial charge in [-0.15, -0.1) is 0 Å². The van der Waals surface area contributed by atoms with E-state index in [0.717, 1.165) is 12.1 Å². The number of rotatable bonds is 4. The molecule has 0 amide bonds. The van der Waals surface area contributed by atoms with Crippen LogP contribution in [0, 0.1) is 11.7 Å². The zero-order chi connectivity index (χ0) is 17.4. The second kappa shape index (κ2) is 6.35. The molecule has 0 aliphatic rings. The molecule has 0 saturated heterocycles. The second-order valence-corrected chi connectivity index (χ2v) is 6.72. The maximum atomic E-state index is 13.6. The molecule has 1 aromatic heterocycles. The minimum atomic E-state index is -4.62. The van der Waals surface area contributed by atoms with Crippen molar-refractivity contribution in [2.24, 2.45) is 5.92 Å². The summed E-state index contributed by atoms with van der Waals surface area (Å²) in [4.78, 5) is 5.96. The molecule has 1 heterocycles. The summed E-state index contributed by atoms with van der Waals surface area (Å²) >= 11 is 1.17. The molecule has 0 bridgehead atoms. The fraction of sp³-hybridized carbons (Fsp3) is 0.400. The van der Waals surface area contributed by atoms with Gasteiger partial charge in [0.1, 0.15) is 16.5 Å².